The SMILES string of the molecule is CCCc1ccc(N(C)c2cc(C#N)nc(C)n2)cc1. The maximum absolute atomic E-state index is 8.98. The van der Waals surface area contributed by atoms with Gasteiger partial charge in [-0.2, -0.15) is 5.26 Å². The highest BCUT2D eigenvalue weighted by Crippen LogP contribution is 2.22. The third kappa shape index (κ3) is 3.12. The zero-order valence-electron chi connectivity index (χ0n) is 12.1. The van der Waals surface area contributed by atoms with E-state index in [1.807, 2.05) is 11.9 Å². The molecular weight excluding hydrogens is 248 g/mol. The monoisotopic (exact) mass is 266 g/mol. The predicted molar refractivity (Wildman–Crippen MR) is 80.0 cm³/mol. The third-order valence-corrected chi connectivity index (χ3v) is 3.14. The Hall–Kier alpha value is -2.41. The van der Waals surface area contributed by atoms with Gasteiger partial charge in [0.05, 0.1) is 0 Å². The molecule has 4 nitrogen and oxygen atoms in total. The Morgan fingerprint density at radius 3 is 2.50 bits per heavy atom. The lowest BCUT2D eigenvalue weighted by atomic mass is 10.1. The summed E-state index contributed by atoms with van der Waals surface area (Å²) >= 11 is 0. The van der Waals surface area contributed by atoms with Gasteiger partial charge in [0.15, 0.2) is 0 Å². The standard InChI is InChI=1S/C16H18N4/c1-4-5-13-6-8-15(9-7-13)20(3)16-10-14(11-17)18-12(2)19-16/h6-10H,4-5H2,1-3H3. The highest BCUT2D eigenvalue weighted by Gasteiger charge is 2.08. The second-order valence-corrected chi connectivity index (χ2v) is 4.75. The van der Waals surface area contributed by atoms with E-state index in [4.69, 9.17) is 5.26 Å². The van der Waals surface area contributed by atoms with Crippen LogP contribution in [0.4, 0.5) is 11.5 Å². The lowest BCUT2D eigenvalue weighted by Gasteiger charge is -2.19. The quantitative estimate of drug-likeness (QED) is 0.851. The number of nitriles is 1. The Labute approximate surface area is 119 Å². The number of aryl methyl sites for hydroxylation is 2. The van der Waals surface area contributed by atoms with Gasteiger partial charge in [-0.1, -0.05) is 25.5 Å². The molecule has 0 spiro atoms. The summed E-state index contributed by atoms with van der Waals surface area (Å²) in [5.74, 6) is 1.34. The molecule has 0 fully saturated rings. The molecule has 0 aliphatic heterocycles. The van der Waals surface area contributed by atoms with Crippen molar-refractivity contribution in [1.82, 2.24) is 9.97 Å². The molecule has 1 aromatic heterocycles. The number of benzene rings is 1. The van der Waals surface area contributed by atoms with Crippen molar-refractivity contribution in [2.75, 3.05) is 11.9 Å². The van der Waals surface area contributed by atoms with Crippen LogP contribution in [0, 0.1) is 18.3 Å². The maximum Gasteiger partial charge on any atom is 0.146 e. The van der Waals surface area contributed by atoms with Gasteiger partial charge in [-0.3, -0.25) is 0 Å². The number of hydrogen-bond acceptors (Lipinski definition) is 4. The van der Waals surface area contributed by atoms with E-state index in [-0.39, 0.29) is 0 Å². The second-order valence-electron chi connectivity index (χ2n) is 4.75. The van der Waals surface area contributed by atoms with Gasteiger partial charge >= 0.3 is 0 Å². The van der Waals surface area contributed by atoms with Crippen LogP contribution in [0.15, 0.2) is 30.3 Å². The van der Waals surface area contributed by atoms with Gasteiger partial charge in [0.1, 0.15) is 23.4 Å². The van der Waals surface area contributed by atoms with Crippen molar-refractivity contribution < 1.29 is 0 Å². The van der Waals surface area contributed by atoms with Crippen LogP contribution in [0.1, 0.15) is 30.4 Å². The summed E-state index contributed by atoms with van der Waals surface area (Å²) in [6, 6.07) is 12.2. The van der Waals surface area contributed by atoms with Crippen LogP contribution in [0.5, 0.6) is 0 Å². The van der Waals surface area contributed by atoms with Gasteiger partial charge < -0.3 is 4.90 Å². The fraction of sp³-hybridized carbons (Fsp3) is 0.312. The van der Waals surface area contributed by atoms with Crippen LogP contribution < -0.4 is 4.90 Å². The topological polar surface area (TPSA) is 52.8 Å². The van der Waals surface area contributed by atoms with E-state index < -0.39 is 0 Å². The molecule has 0 unspecified atom stereocenters. The van der Waals surface area contributed by atoms with Crippen LogP contribution >= 0.6 is 0 Å². The van der Waals surface area contributed by atoms with Crippen LogP contribution in [0.2, 0.25) is 0 Å². The maximum atomic E-state index is 8.98. The Morgan fingerprint density at radius 1 is 1.20 bits per heavy atom. The molecular formula is C16H18N4. The van der Waals surface area contributed by atoms with Crippen molar-refractivity contribution >= 4 is 11.5 Å². The summed E-state index contributed by atoms with van der Waals surface area (Å²) < 4.78 is 0. The highest BCUT2D eigenvalue weighted by atomic mass is 15.2. The molecule has 0 saturated carbocycles. The number of anilines is 2. The van der Waals surface area contributed by atoms with E-state index in [1.54, 1.807) is 13.0 Å². The molecule has 0 N–H and O–H groups in total. The molecule has 20 heavy (non-hydrogen) atoms. The molecule has 0 amide bonds. The average molecular weight is 266 g/mol. The zero-order chi connectivity index (χ0) is 14.5. The van der Waals surface area contributed by atoms with Crippen molar-refractivity contribution in [2.24, 2.45) is 0 Å². The largest absolute Gasteiger partial charge is 0.329 e. The minimum absolute atomic E-state index is 0.391. The lowest BCUT2D eigenvalue weighted by molar-refractivity contribution is 0.921. The second kappa shape index (κ2) is 6.16. The molecule has 1 aromatic carbocycles. The fourth-order valence-electron chi connectivity index (χ4n) is 2.09. The van der Waals surface area contributed by atoms with Gasteiger partial charge in [-0.15, -0.1) is 0 Å². The first-order valence-electron chi connectivity index (χ1n) is 6.72. The molecule has 2 aromatic rings. The Kier molecular flexibility index (Phi) is 4.31. The third-order valence-electron chi connectivity index (χ3n) is 3.14. The van der Waals surface area contributed by atoms with Gasteiger partial charge in [-0.05, 0) is 31.0 Å². The van der Waals surface area contributed by atoms with Crippen LogP contribution in [-0.4, -0.2) is 17.0 Å². The summed E-state index contributed by atoms with van der Waals surface area (Å²) in [6.45, 7) is 3.97. The lowest BCUT2D eigenvalue weighted by Crippen LogP contribution is -2.12. The van der Waals surface area contributed by atoms with Crippen LogP contribution in [-0.2, 0) is 6.42 Å². The molecule has 0 bridgehead atoms. The minimum Gasteiger partial charge on any atom is -0.329 e. The first-order valence-corrected chi connectivity index (χ1v) is 6.72. The number of nitrogens with zero attached hydrogens (tertiary/aromatic N) is 4. The van der Waals surface area contributed by atoms with E-state index in [2.05, 4.69) is 47.2 Å². The summed E-state index contributed by atoms with van der Waals surface area (Å²) in [7, 11) is 1.94. The van der Waals surface area contributed by atoms with Gasteiger partial charge in [0.25, 0.3) is 0 Å². The summed E-state index contributed by atoms with van der Waals surface area (Å²) in [4.78, 5) is 10.4. The van der Waals surface area contributed by atoms with Crippen LogP contribution in [0.3, 0.4) is 0 Å². The summed E-state index contributed by atoms with van der Waals surface area (Å²) in [5.41, 5.74) is 2.77. The molecule has 0 radical (unpaired) electrons. The van der Waals surface area contributed by atoms with Crippen molar-refractivity contribution in [3.05, 3.63) is 47.4 Å². The van der Waals surface area contributed by atoms with Gasteiger partial charge in [0, 0.05) is 18.8 Å². The zero-order valence-corrected chi connectivity index (χ0v) is 12.1. The number of aromatic nitrogens is 2. The van der Waals surface area contributed by atoms with E-state index >= 15 is 0 Å². The van der Waals surface area contributed by atoms with Crippen LogP contribution in [0.25, 0.3) is 0 Å². The van der Waals surface area contributed by atoms with Gasteiger partial charge in [-0.25, -0.2) is 9.97 Å². The molecule has 0 atom stereocenters. The molecule has 0 aliphatic rings. The number of hydrogen-bond donors (Lipinski definition) is 0. The smallest absolute Gasteiger partial charge is 0.146 e. The fourth-order valence-corrected chi connectivity index (χ4v) is 2.09. The van der Waals surface area contributed by atoms with E-state index in [0.717, 1.165) is 24.3 Å². The molecule has 102 valence electrons. The molecule has 4 heteroatoms. The average Bonchev–Trinajstić information content (AvgIpc) is 2.47. The van der Waals surface area contributed by atoms with Gasteiger partial charge in [0.2, 0.25) is 0 Å². The van der Waals surface area contributed by atoms with Crippen molar-refractivity contribution in [2.45, 2.75) is 26.7 Å². The Balaban J connectivity index is 2.28. The Bertz CT molecular complexity index is 626. The highest BCUT2D eigenvalue weighted by molar-refractivity contribution is 5.60. The predicted octanol–water partition coefficient (Wildman–Crippen LogP) is 3.38. The number of rotatable bonds is 4. The minimum atomic E-state index is 0.391. The van der Waals surface area contributed by atoms with Crippen molar-refractivity contribution in [3.8, 4) is 6.07 Å². The summed E-state index contributed by atoms with van der Waals surface area (Å²) in [6.07, 6.45) is 2.24. The molecule has 1 heterocycles. The Morgan fingerprint density at radius 2 is 1.90 bits per heavy atom. The van der Waals surface area contributed by atoms with Crippen molar-refractivity contribution in [1.29, 1.82) is 5.26 Å². The molecule has 0 aliphatic carbocycles. The normalized spacial score (nSPS) is 10.1. The van der Waals surface area contributed by atoms with E-state index in [0.29, 0.717) is 11.5 Å². The molecule has 0 saturated heterocycles. The summed E-state index contributed by atoms with van der Waals surface area (Å²) in [5, 5.41) is 8.98. The molecule has 2 rings (SSSR count). The van der Waals surface area contributed by atoms with E-state index in [9.17, 15) is 0 Å². The first kappa shape index (κ1) is 14.0. The first-order chi connectivity index (χ1) is 9.63. The van der Waals surface area contributed by atoms with Crippen molar-refractivity contribution in [3.63, 3.8) is 0 Å². The van der Waals surface area contributed by atoms with E-state index in [1.165, 1.54) is 5.56 Å².